The van der Waals surface area contributed by atoms with Crippen LogP contribution < -0.4 is 5.32 Å². The van der Waals surface area contributed by atoms with Crippen LogP contribution in [0.4, 0.5) is 0 Å². The molecular weight excluding hydrogens is 308 g/mol. The molecule has 0 radical (unpaired) electrons. The molecule has 5 heteroatoms. The van der Waals surface area contributed by atoms with Crippen molar-refractivity contribution < 1.29 is 9.59 Å². The van der Waals surface area contributed by atoms with E-state index in [0.717, 1.165) is 18.4 Å². The molecule has 23 heavy (non-hydrogen) atoms. The lowest BCUT2D eigenvalue weighted by atomic mass is 10.1. The van der Waals surface area contributed by atoms with Crippen molar-refractivity contribution in [1.82, 2.24) is 10.2 Å². The topological polar surface area (TPSA) is 49.4 Å². The number of hydrogen-bond acceptors (Lipinski definition) is 3. The molecule has 0 aliphatic carbocycles. The molecule has 1 fully saturated rings. The van der Waals surface area contributed by atoms with Crippen molar-refractivity contribution in [3.05, 3.63) is 35.9 Å². The summed E-state index contributed by atoms with van der Waals surface area (Å²) in [5.41, 5.74) is 1.07. The van der Waals surface area contributed by atoms with Crippen LogP contribution in [-0.2, 0) is 9.59 Å². The van der Waals surface area contributed by atoms with Crippen LogP contribution in [-0.4, -0.2) is 35.1 Å². The molecule has 2 atom stereocenters. The van der Waals surface area contributed by atoms with Crippen LogP contribution in [0.15, 0.2) is 30.3 Å². The predicted molar refractivity (Wildman–Crippen MR) is 95.1 cm³/mol. The molecule has 1 aromatic carbocycles. The zero-order valence-electron chi connectivity index (χ0n) is 14.0. The number of nitrogens with zero attached hydrogens (tertiary/aromatic N) is 1. The van der Waals surface area contributed by atoms with Crippen LogP contribution in [0.1, 0.15) is 50.5 Å². The fourth-order valence-corrected chi connectivity index (χ4v) is 4.33. The minimum Gasteiger partial charge on any atom is -0.354 e. The predicted octanol–water partition coefficient (Wildman–Crippen LogP) is 3.35. The van der Waals surface area contributed by atoms with Crippen LogP contribution in [0.5, 0.6) is 0 Å². The molecule has 1 aliphatic rings. The quantitative estimate of drug-likeness (QED) is 0.778. The van der Waals surface area contributed by atoms with E-state index in [9.17, 15) is 9.59 Å². The van der Waals surface area contributed by atoms with E-state index in [1.54, 1.807) is 23.6 Å². The zero-order chi connectivity index (χ0) is 16.7. The van der Waals surface area contributed by atoms with Crippen molar-refractivity contribution >= 4 is 23.6 Å². The number of unbranched alkanes of at least 4 members (excludes halogenated alkanes) is 3. The van der Waals surface area contributed by atoms with Gasteiger partial charge in [-0.15, -0.1) is 11.8 Å². The number of hydrogen-bond donors (Lipinski definition) is 1. The molecule has 1 aliphatic heterocycles. The van der Waals surface area contributed by atoms with E-state index < -0.39 is 0 Å². The molecule has 1 N–H and O–H groups in total. The van der Waals surface area contributed by atoms with Crippen LogP contribution in [0.2, 0.25) is 0 Å². The molecule has 2 amide bonds. The van der Waals surface area contributed by atoms with E-state index in [1.807, 2.05) is 30.3 Å². The Bertz CT molecular complexity index is 521. The third-order valence-electron chi connectivity index (χ3n) is 4.08. The second kappa shape index (κ2) is 8.96. The summed E-state index contributed by atoms with van der Waals surface area (Å²) in [5.74, 6) is 0.581. The van der Waals surface area contributed by atoms with Crippen molar-refractivity contribution in [1.29, 1.82) is 0 Å². The third-order valence-corrected chi connectivity index (χ3v) is 5.40. The monoisotopic (exact) mass is 334 g/mol. The van der Waals surface area contributed by atoms with Crippen LogP contribution >= 0.6 is 11.8 Å². The Morgan fingerprint density at radius 1 is 1.22 bits per heavy atom. The molecule has 0 aromatic heterocycles. The van der Waals surface area contributed by atoms with Gasteiger partial charge < -0.3 is 10.2 Å². The number of rotatable bonds is 7. The van der Waals surface area contributed by atoms with Gasteiger partial charge in [-0.1, -0.05) is 56.5 Å². The summed E-state index contributed by atoms with van der Waals surface area (Å²) >= 11 is 1.66. The van der Waals surface area contributed by atoms with E-state index in [2.05, 4.69) is 12.2 Å². The van der Waals surface area contributed by atoms with Crippen molar-refractivity contribution in [2.24, 2.45) is 0 Å². The van der Waals surface area contributed by atoms with Gasteiger partial charge in [0.05, 0.1) is 0 Å². The largest absolute Gasteiger partial charge is 0.354 e. The standard InChI is InChI=1S/C18H26N2O2S/c1-3-4-5-9-12-19-17(22)16-13-23-18(20(16)14(2)21)15-10-7-6-8-11-15/h6-8,10-11,16,18H,3-5,9,12-13H2,1-2H3,(H,19,22)/t16-,18+/m0/s1. The minimum atomic E-state index is -0.367. The average molecular weight is 334 g/mol. The van der Waals surface area contributed by atoms with Crippen molar-refractivity contribution in [2.75, 3.05) is 12.3 Å². The lowest BCUT2D eigenvalue weighted by Crippen LogP contribution is -2.47. The Hall–Kier alpha value is -1.49. The molecule has 0 bridgehead atoms. The second-order valence-electron chi connectivity index (χ2n) is 5.89. The van der Waals surface area contributed by atoms with E-state index >= 15 is 0 Å². The molecule has 126 valence electrons. The fourth-order valence-electron chi connectivity index (χ4n) is 2.85. The molecule has 0 saturated carbocycles. The van der Waals surface area contributed by atoms with E-state index in [-0.39, 0.29) is 23.2 Å². The molecule has 4 nitrogen and oxygen atoms in total. The minimum absolute atomic E-state index is 0.0253. The van der Waals surface area contributed by atoms with Gasteiger partial charge in [-0.25, -0.2) is 0 Å². The Kier molecular flexibility index (Phi) is 6.96. The highest BCUT2D eigenvalue weighted by molar-refractivity contribution is 7.99. The SMILES string of the molecule is CCCCCCNC(=O)[C@@H]1CS[C@H](c2ccccc2)N1C(C)=O. The first kappa shape index (κ1) is 17.9. The van der Waals surface area contributed by atoms with Gasteiger partial charge in [-0.05, 0) is 12.0 Å². The summed E-state index contributed by atoms with van der Waals surface area (Å²) < 4.78 is 0. The van der Waals surface area contributed by atoms with Crippen LogP contribution in [0.25, 0.3) is 0 Å². The molecular formula is C18H26N2O2S. The van der Waals surface area contributed by atoms with E-state index in [4.69, 9.17) is 0 Å². The number of amides is 2. The molecule has 0 spiro atoms. The van der Waals surface area contributed by atoms with Crippen LogP contribution in [0.3, 0.4) is 0 Å². The van der Waals surface area contributed by atoms with Crippen molar-refractivity contribution in [3.8, 4) is 0 Å². The Labute approximate surface area is 143 Å². The highest BCUT2D eigenvalue weighted by Gasteiger charge is 2.40. The third kappa shape index (κ3) is 4.74. The van der Waals surface area contributed by atoms with Gasteiger partial charge in [0.2, 0.25) is 11.8 Å². The van der Waals surface area contributed by atoms with Gasteiger partial charge in [0.1, 0.15) is 11.4 Å². The number of carbonyl (C=O) groups is 2. The Balaban J connectivity index is 1.96. The zero-order valence-corrected chi connectivity index (χ0v) is 14.8. The summed E-state index contributed by atoms with van der Waals surface area (Å²) in [7, 11) is 0. The molecule has 1 aromatic rings. The van der Waals surface area contributed by atoms with Gasteiger partial charge in [0, 0.05) is 19.2 Å². The number of carbonyl (C=O) groups excluding carboxylic acids is 2. The summed E-state index contributed by atoms with van der Waals surface area (Å²) in [5, 5.41) is 2.93. The lowest BCUT2D eigenvalue weighted by Gasteiger charge is -2.27. The maximum Gasteiger partial charge on any atom is 0.243 e. The van der Waals surface area contributed by atoms with Crippen LogP contribution in [0, 0.1) is 0 Å². The first-order valence-corrected chi connectivity index (χ1v) is 9.43. The van der Waals surface area contributed by atoms with Crippen molar-refractivity contribution in [2.45, 2.75) is 50.9 Å². The van der Waals surface area contributed by atoms with E-state index in [1.165, 1.54) is 12.8 Å². The van der Waals surface area contributed by atoms with Crippen molar-refractivity contribution in [3.63, 3.8) is 0 Å². The smallest absolute Gasteiger partial charge is 0.243 e. The summed E-state index contributed by atoms with van der Waals surface area (Å²) in [6.07, 6.45) is 4.52. The second-order valence-corrected chi connectivity index (χ2v) is 7.00. The summed E-state index contributed by atoms with van der Waals surface area (Å²) in [6.45, 7) is 4.41. The highest BCUT2D eigenvalue weighted by Crippen LogP contribution is 2.41. The van der Waals surface area contributed by atoms with Gasteiger partial charge in [0.15, 0.2) is 0 Å². The summed E-state index contributed by atoms with van der Waals surface area (Å²) in [4.78, 5) is 26.3. The maximum atomic E-state index is 12.5. The normalized spacial score (nSPS) is 20.5. The molecule has 2 rings (SSSR count). The number of nitrogens with one attached hydrogen (secondary N) is 1. The molecule has 0 unspecified atom stereocenters. The molecule has 1 saturated heterocycles. The number of thioether (sulfide) groups is 1. The highest BCUT2D eigenvalue weighted by atomic mass is 32.2. The Morgan fingerprint density at radius 3 is 2.61 bits per heavy atom. The van der Waals surface area contributed by atoms with Gasteiger partial charge in [-0.3, -0.25) is 9.59 Å². The van der Waals surface area contributed by atoms with Gasteiger partial charge in [-0.2, -0.15) is 0 Å². The summed E-state index contributed by atoms with van der Waals surface area (Å²) in [6, 6.07) is 9.55. The lowest BCUT2D eigenvalue weighted by molar-refractivity contribution is -0.138. The fraction of sp³-hybridized carbons (Fsp3) is 0.556. The number of benzene rings is 1. The van der Waals surface area contributed by atoms with Gasteiger partial charge >= 0.3 is 0 Å². The average Bonchev–Trinajstić information content (AvgIpc) is 3.00. The maximum absolute atomic E-state index is 12.5. The van der Waals surface area contributed by atoms with E-state index in [0.29, 0.717) is 12.3 Å². The first-order valence-electron chi connectivity index (χ1n) is 8.38. The Morgan fingerprint density at radius 2 is 1.96 bits per heavy atom. The van der Waals surface area contributed by atoms with Gasteiger partial charge in [0.25, 0.3) is 0 Å². The molecule has 1 heterocycles. The first-order chi connectivity index (χ1) is 11.1.